The van der Waals surface area contributed by atoms with Gasteiger partial charge in [0.25, 0.3) is 0 Å². The first-order valence-corrected chi connectivity index (χ1v) is 7.74. The number of carbonyl (C=O) groups is 1. The van der Waals surface area contributed by atoms with E-state index in [1.54, 1.807) is 0 Å². The minimum absolute atomic E-state index is 0.252. The molecule has 3 nitrogen and oxygen atoms in total. The molecule has 18 heavy (non-hydrogen) atoms. The van der Waals surface area contributed by atoms with E-state index in [9.17, 15) is 4.79 Å². The highest BCUT2D eigenvalue weighted by Gasteiger charge is 2.32. The van der Waals surface area contributed by atoms with Crippen molar-refractivity contribution < 1.29 is 9.90 Å². The number of hydrogen-bond acceptors (Lipinski definition) is 2. The molecule has 1 saturated carbocycles. The molecule has 0 aromatic carbocycles. The number of likely N-dealkylation sites (tertiary alicyclic amines) is 1. The normalized spacial score (nSPS) is 26.3. The van der Waals surface area contributed by atoms with Gasteiger partial charge in [0, 0.05) is 25.1 Å². The Morgan fingerprint density at radius 2 is 1.78 bits per heavy atom. The van der Waals surface area contributed by atoms with Crippen LogP contribution in [0.15, 0.2) is 0 Å². The maximum absolute atomic E-state index is 12.6. The predicted octanol–water partition coefficient (Wildman–Crippen LogP) is 2.72. The van der Waals surface area contributed by atoms with E-state index in [4.69, 9.17) is 5.11 Å². The fourth-order valence-electron chi connectivity index (χ4n) is 3.51. The molecule has 0 aromatic rings. The van der Waals surface area contributed by atoms with Crippen molar-refractivity contribution in [2.24, 2.45) is 5.92 Å². The molecular weight excluding hydrogens is 226 g/mol. The molecule has 3 heteroatoms. The van der Waals surface area contributed by atoms with E-state index in [0.717, 1.165) is 45.1 Å². The third kappa shape index (κ3) is 3.47. The van der Waals surface area contributed by atoms with Gasteiger partial charge in [0.2, 0.25) is 5.91 Å². The summed E-state index contributed by atoms with van der Waals surface area (Å²) in [6.45, 7) is 1.20. The highest BCUT2D eigenvalue weighted by atomic mass is 16.3. The molecule has 1 unspecified atom stereocenters. The Bertz CT molecular complexity index is 259. The molecule has 1 atom stereocenters. The Morgan fingerprint density at radius 1 is 1.06 bits per heavy atom. The minimum Gasteiger partial charge on any atom is -0.396 e. The SMILES string of the molecule is O=C(C1CCCCCC1)N1CCCC1CCCO. The van der Waals surface area contributed by atoms with Crippen molar-refractivity contribution in [3.8, 4) is 0 Å². The van der Waals surface area contributed by atoms with Crippen LogP contribution < -0.4 is 0 Å². The van der Waals surface area contributed by atoms with Gasteiger partial charge in [0.1, 0.15) is 0 Å². The molecule has 2 fully saturated rings. The first-order valence-electron chi connectivity index (χ1n) is 7.74. The van der Waals surface area contributed by atoms with Gasteiger partial charge in [0.15, 0.2) is 0 Å². The summed E-state index contributed by atoms with van der Waals surface area (Å²) in [6, 6.07) is 0.410. The Balaban J connectivity index is 1.89. The summed E-state index contributed by atoms with van der Waals surface area (Å²) < 4.78 is 0. The molecule has 104 valence electrons. The zero-order valence-electron chi connectivity index (χ0n) is 11.4. The Morgan fingerprint density at radius 3 is 2.44 bits per heavy atom. The van der Waals surface area contributed by atoms with E-state index in [2.05, 4.69) is 4.90 Å². The van der Waals surface area contributed by atoms with E-state index in [1.165, 1.54) is 25.7 Å². The van der Waals surface area contributed by atoms with E-state index < -0.39 is 0 Å². The average Bonchev–Trinajstić information content (AvgIpc) is 2.68. The molecule has 1 heterocycles. The summed E-state index contributed by atoms with van der Waals surface area (Å²) >= 11 is 0. The Hall–Kier alpha value is -0.570. The second kappa shape index (κ2) is 7.13. The van der Waals surface area contributed by atoms with Crippen LogP contribution in [0.25, 0.3) is 0 Å². The molecule has 1 N–H and O–H groups in total. The summed E-state index contributed by atoms with van der Waals surface area (Å²) in [6.07, 6.45) is 11.4. The second-order valence-corrected chi connectivity index (χ2v) is 5.88. The molecule has 0 bridgehead atoms. The third-order valence-corrected chi connectivity index (χ3v) is 4.56. The number of hydrogen-bond donors (Lipinski definition) is 1. The molecule has 1 aliphatic carbocycles. The van der Waals surface area contributed by atoms with Gasteiger partial charge in [-0.15, -0.1) is 0 Å². The summed E-state index contributed by atoms with van der Waals surface area (Å²) in [7, 11) is 0. The largest absolute Gasteiger partial charge is 0.396 e. The van der Waals surface area contributed by atoms with Crippen molar-refractivity contribution in [3.05, 3.63) is 0 Å². The number of carbonyl (C=O) groups excluding carboxylic acids is 1. The van der Waals surface area contributed by atoms with Gasteiger partial charge in [-0.25, -0.2) is 0 Å². The van der Waals surface area contributed by atoms with Gasteiger partial charge < -0.3 is 10.0 Å². The standard InChI is InChI=1S/C15H27NO2/c17-12-6-10-14-9-5-11-16(14)15(18)13-7-3-1-2-4-8-13/h13-14,17H,1-12H2. The van der Waals surface area contributed by atoms with E-state index in [1.807, 2.05) is 0 Å². The number of nitrogens with zero attached hydrogens (tertiary/aromatic N) is 1. The van der Waals surface area contributed by atoms with E-state index in [-0.39, 0.29) is 6.61 Å². The molecule has 1 aliphatic heterocycles. The van der Waals surface area contributed by atoms with Crippen LogP contribution in [0.3, 0.4) is 0 Å². The summed E-state index contributed by atoms with van der Waals surface area (Å²) in [5.74, 6) is 0.708. The number of amides is 1. The van der Waals surface area contributed by atoms with Crippen LogP contribution in [0, 0.1) is 5.92 Å². The zero-order chi connectivity index (χ0) is 12.8. The molecule has 0 radical (unpaired) electrons. The van der Waals surface area contributed by atoms with Crippen molar-refractivity contribution in [2.45, 2.75) is 70.3 Å². The quantitative estimate of drug-likeness (QED) is 0.783. The van der Waals surface area contributed by atoms with Gasteiger partial charge in [0.05, 0.1) is 0 Å². The van der Waals surface area contributed by atoms with Gasteiger partial charge in [-0.1, -0.05) is 25.7 Å². The van der Waals surface area contributed by atoms with Gasteiger partial charge in [-0.05, 0) is 38.5 Å². The molecule has 1 saturated heterocycles. The van der Waals surface area contributed by atoms with Crippen molar-refractivity contribution in [1.82, 2.24) is 4.90 Å². The van der Waals surface area contributed by atoms with Crippen LogP contribution in [-0.4, -0.2) is 35.1 Å². The summed E-state index contributed by atoms with van der Waals surface area (Å²) in [5, 5.41) is 8.93. The van der Waals surface area contributed by atoms with Crippen LogP contribution >= 0.6 is 0 Å². The molecule has 2 rings (SSSR count). The van der Waals surface area contributed by atoms with Crippen LogP contribution in [0.1, 0.15) is 64.2 Å². The average molecular weight is 253 g/mol. The van der Waals surface area contributed by atoms with Gasteiger partial charge in [-0.2, -0.15) is 0 Å². The van der Waals surface area contributed by atoms with Crippen LogP contribution in [-0.2, 0) is 4.79 Å². The summed E-state index contributed by atoms with van der Waals surface area (Å²) in [5.41, 5.74) is 0. The van der Waals surface area contributed by atoms with Crippen molar-refractivity contribution in [2.75, 3.05) is 13.2 Å². The van der Waals surface area contributed by atoms with Crippen molar-refractivity contribution >= 4 is 5.91 Å². The highest BCUT2D eigenvalue weighted by Crippen LogP contribution is 2.29. The monoisotopic (exact) mass is 253 g/mol. The van der Waals surface area contributed by atoms with Gasteiger partial charge in [-0.3, -0.25) is 4.79 Å². The van der Waals surface area contributed by atoms with E-state index >= 15 is 0 Å². The number of rotatable bonds is 4. The van der Waals surface area contributed by atoms with Crippen molar-refractivity contribution in [1.29, 1.82) is 0 Å². The topological polar surface area (TPSA) is 40.5 Å². The van der Waals surface area contributed by atoms with Gasteiger partial charge >= 0.3 is 0 Å². The fourth-order valence-corrected chi connectivity index (χ4v) is 3.51. The first kappa shape index (κ1) is 13.9. The Labute approximate surface area is 111 Å². The highest BCUT2D eigenvalue weighted by molar-refractivity contribution is 5.79. The number of aliphatic hydroxyl groups is 1. The van der Waals surface area contributed by atoms with Crippen LogP contribution in [0.2, 0.25) is 0 Å². The summed E-state index contributed by atoms with van der Waals surface area (Å²) in [4.78, 5) is 14.7. The lowest BCUT2D eigenvalue weighted by Gasteiger charge is -2.28. The molecular formula is C15H27NO2. The van der Waals surface area contributed by atoms with E-state index in [0.29, 0.717) is 17.9 Å². The second-order valence-electron chi connectivity index (χ2n) is 5.88. The van der Waals surface area contributed by atoms with Crippen LogP contribution in [0.5, 0.6) is 0 Å². The minimum atomic E-state index is 0.252. The lowest BCUT2D eigenvalue weighted by Crippen LogP contribution is -2.39. The van der Waals surface area contributed by atoms with Crippen LogP contribution in [0.4, 0.5) is 0 Å². The van der Waals surface area contributed by atoms with Crippen molar-refractivity contribution in [3.63, 3.8) is 0 Å². The predicted molar refractivity (Wildman–Crippen MR) is 72.2 cm³/mol. The molecule has 1 amide bonds. The maximum atomic E-state index is 12.6. The fraction of sp³-hybridized carbons (Fsp3) is 0.933. The molecule has 2 aliphatic rings. The molecule has 0 aromatic heterocycles. The third-order valence-electron chi connectivity index (χ3n) is 4.56. The lowest BCUT2D eigenvalue weighted by molar-refractivity contribution is -0.137. The lowest BCUT2D eigenvalue weighted by atomic mass is 9.98. The molecule has 0 spiro atoms. The first-order chi connectivity index (χ1) is 8.83. The smallest absolute Gasteiger partial charge is 0.225 e. The number of aliphatic hydroxyl groups excluding tert-OH is 1. The zero-order valence-corrected chi connectivity index (χ0v) is 11.4. The maximum Gasteiger partial charge on any atom is 0.225 e. The Kier molecular flexibility index (Phi) is 5.48.